The van der Waals surface area contributed by atoms with Gasteiger partial charge in [-0.3, -0.25) is 4.98 Å². The van der Waals surface area contributed by atoms with Crippen LogP contribution in [0.1, 0.15) is 67.6 Å². The third-order valence-corrected chi connectivity index (χ3v) is 7.46. The number of furan rings is 1. The zero-order valence-electron chi connectivity index (χ0n) is 19.1. The molecular weight excluding hydrogens is 402 g/mol. The molecule has 0 N–H and O–H groups in total. The van der Waals surface area contributed by atoms with Crippen LogP contribution in [-0.2, 0) is 0 Å². The number of pyridine rings is 1. The largest absolute Gasteiger partial charge is 0.455 e. The Balaban J connectivity index is 1.42. The van der Waals surface area contributed by atoms with Crippen LogP contribution in [0.15, 0.2) is 89.5 Å². The van der Waals surface area contributed by atoms with Crippen molar-refractivity contribution in [3.05, 3.63) is 102 Å². The molecule has 0 bridgehead atoms. The van der Waals surface area contributed by atoms with Crippen LogP contribution in [0.2, 0.25) is 0 Å². The van der Waals surface area contributed by atoms with Gasteiger partial charge in [0, 0.05) is 28.5 Å². The van der Waals surface area contributed by atoms with Gasteiger partial charge in [-0.05, 0) is 59.7 Å². The highest BCUT2D eigenvalue weighted by Crippen LogP contribution is 2.39. The van der Waals surface area contributed by atoms with Crippen LogP contribution in [0.3, 0.4) is 0 Å². The fraction of sp³-hybridized carbons (Fsp3) is 0.258. The van der Waals surface area contributed by atoms with Gasteiger partial charge in [0.1, 0.15) is 11.2 Å². The van der Waals surface area contributed by atoms with E-state index in [0.717, 1.165) is 22.4 Å². The minimum atomic E-state index is 0.306. The molecule has 0 aliphatic heterocycles. The number of hydrogen-bond donors (Lipinski definition) is 0. The monoisotopic (exact) mass is 431 g/mol. The van der Waals surface area contributed by atoms with Crippen LogP contribution < -0.4 is 0 Å². The SMILES string of the molecule is CC(c1ccccc1)c1ccnc(-c2cccc3c2oc2cc(C4CCCCC4)ccc23)c1. The lowest BCUT2D eigenvalue weighted by Crippen LogP contribution is -2.03. The minimum absolute atomic E-state index is 0.306. The molecule has 0 amide bonds. The molecule has 0 spiro atoms. The Kier molecular flexibility index (Phi) is 5.22. The van der Waals surface area contributed by atoms with Gasteiger partial charge in [0.2, 0.25) is 0 Å². The first-order valence-corrected chi connectivity index (χ1v) is 12.2. The van der Waals surface area contributed by atoms with Crippen LogP contribution in [0.4, 0.5) is 0 Å². The summed E-state index contributed by atoms with van der Waals surface area (Å²) in [5.41, 5.74) is 7.96. The molecule has 1 aliphatic rings. The molecular formula is C31H29NO. The lowest BCUT2D eigenvalue weighted by molar-refractivity contribution is 0.443. The summed E-state index contributed by atoms with van der Waals surface area (Å²) in [5, 5.41) is 2.36. The topological polar surface area (TPSA) is 26.0 Å². The Morgan fingerprint density at radius 1 is 0.788 bits per heavy atom. The lowest BCUT2D eigenvalue weighted by atomic mass is 9.84. The van der Waals surface area contributed by atoms with Crippen molar-refractivity contribution in [2.45, 2.75) is 50.9 Å². The highest BCUT2D eigenvalue weighted by Gasteiger charge is 2.19. The van der Waals surface area contributed by atoms with Crippen LogP contribution in [-0.4, -0.2) is 4.98 Å². The van der Waals surface area contributed by atoms with Gasteiger partial charge in [0.05, 0.1) is 5.69 Å². The Labute approximate surface area is 195 Å². The van der Waals surface area contributed by atoms with E-state index in [2.05, 4.69) is 85.8 Å². The van der Waals surface area contributed by atoms with E-state index in [4.69, 9.17) is 9.40 Å². The smallest absolute Gasteiger partial charge is 0.144 e. The van der Waals surface area contributed by atoms with Crippen molar-refractivity contribution < 1.29 is 4.42 Å². The molecule has 1 aliphatic carbocycles. The molecule has 2 nitrogen and oxygen atoms in total. The minimum Gasteiger partial charge on any atom is -0.455 e. The Morgan fingerprint density at radius 3 is 2.48 bits per heavy atom. The molecule has 1 fully saturated rings. The van der Waals surface area contributed by atoms with E-state index in [1.54, 1.807) is 0 Å². The standard InChI is InChI=1S/C31H29NO/c1-21(22-9-4-2-5-10-22)24-17-18-32-29(19-24)28-14-8-13-27-26-16-15-25(20-30(26)33-31(27)28)23-11-6-3-7-12-23/h2,4-5,8-10,13-21,23H,3,6-7,11-12H2,1H3. The van der Waals surface area contributed by atoms with Crippen molar-refractivity contribution >= 4 is 21.9 Å². The first-order valence-electron chi connectivity index (χ1n) is 12.2. The number of fused-ring (bicyclic) bond motifs is 3. The van der Waals surface area contributed by atoms with E-state index in [-0.39, 0.29) is 0 Å². The van der Waals surface area contributed by atoms with Crippen molar-refractivity contribution in [3.63, 3.8) is 0 Å². The summed E-state index contributed by atoms with van der Waals surface area (Å²) in [5.74, 6) is 0.981. The van der Waals surface area contributed by atoms with E-state index in [1.165, 1.54) is 59.6 Å². The number of benzene rings is 3. The van der Waals surface area contributed by atoms with E-state index in [1.807, 2.05) is 6.20 Å². The number of aromatic nitrogens is 1. The van der Waals surface area contributed by atoms with Gasteiger partial charge >= 0.3 is 0 Å². The molecule has 6 rings (SSSR count). The maximum absolute atomic E-state index is 6.51. The summed E-state index contributed by atoms with van der Waals surface area (Å²) in [6, 6.07) is 28.3. The highest BCUT2D eigenvalue weighted by atomic mass is 16.3. The van der Waals surface area contributed by atoms with Gasteiger partial charge in [-0.15, -0.1) is 0 Å². The normalized spacial score (nSPS) is 15.8. The van der Waals surface area contributed by atoms with Gasteiger partial charge in [-0.1, -0.05) is 80.8 Å². The average Bonchev–Trinajstić information content (AvgIpc) is 3.27. The van der Waals surface area contributed by atoms with Crippen LogP contribution in [0, 0.1) is 0 Å². The Morgan fingerprint density at radius 2 is 1.64 bits per heavy atom. The summed E-state index contributed by atoms with van der Waals surface area (Å²) in [6.07, 6.45) is 8.59. The first kappa shape index (κ1) is 20.2. The van der Waals surface area contributed by atoms with Gasteiger partial charge in [0.25, 0.3) is 0 Å². The third kappa shape index (κ3) is 3.74. The van der Waals surface area contributed by atoms with Crippen molar-refractivity contribution in [1.82, 2.24) is 4.98 Å². The van der Waals surface area contributed by atoms with Crippen LogP contribution in [0.25, 0.3) is 33.2 Å². The maximum atomic E-state index is 6.51. The van der Waals surface area contributed by atoms with Gasteiger partial charge in [0.15, 0.2) is 0 Å². The Hall–Kier alpha value is -3.39. The zero-order valence-corrected chi connectivity index (χ0v) is 19.1. The summed E-state index contributed by atoms with van der Waals surface area (Å²) >= 11 is 0. The van der Waals surface area contributed by atoms with E-state index in [9.17, 15) is 0 Å². The van der Waals surface area contributed by atoms with Crippen molar-refractivity contribution in [2.75, 3.05) is 0 Å². The molecule has 5 aromatic rings. The van der Waals surface area contributed by atoms with Crippen LogP contribution >= 0.6 is 0 Å². The molecule has 33 heavy (non-hydrogen) atoms. The van der Waals surface area contributed by atoms with Gasteiger partial charge in [-0.2, -0.15) is 0 Å². The van der Waals surface area contributed by atoms with Gasteiger partial charge in [-0.25, -0.2) is 0 Å². The Bertz CT molecular complexity index is 1410. The molecule has 2 aromatic heterocycles. The second-order valence-electron chi connectivity index (χ2n) is 9.48. The van der Waals surface area contributed by atoms with Crippen molar-refractivity contribution in [3.8, 4) is 11.3 Å². The number of nitrogens with zero attached hydrogens (tertiary/aromatic N) is 1. The fourth-order valence-corrected chi connectivity index (χ4v) is 5.50. The van der Waals surface area contributed by atoms with E-state index < -0.39 is 0 Å². The predicted molar refractivity (Wildman–Crippen MR) is 137 cm³/mol. The molecule has 1 unspecified atom stereocenters. The fourth-order valence-electron chi connectivity index (χ4n) is 5.50. The average molecular weight is 432 g/mol. The van der Waals surface area contributed by atoms with Crippen molar-refractivity contribution in [1.29, 1.82) is 0 Å². The molecule has 164 valence electrons. The molecule has 2 heterocycles. The van der Waals surface area contributed by atoms with Crippen molar-refractivity contribution in [2.24, 2.45) is 0 Å². The second-order valence-corrected chi connectivity index (χ2v) is 9.48. The van der Waals surface area contributed by atoms with Crippen LogP contribution in [0.5, 0.6) is 0 Å². The second kappa shape index (κ2) is 8.51. The molecule has 0 saturated heterocycles. The number of hydrogen-bond acceptors (Lipinski definition) is 2. The maximum Gasteiger partial charge on any atom is 0.144 e. The molecule has 3 aromatic carbocycles. The summed E-state index contributed by atoms with van der Waals surface area (Å²) in [6.45, 7) is 2.25. The van der Waals surface area contributed by atoms with Gasteiger partial charge < -0.3 is 4.42 Å². The summed E-state index contributed by atoms with van der Waals surface area (Å²) < 4.78 is 6.51. The third-order valence-electron chi connectivity index (χ3n) is 7.46. The zero-order chi connectivity index (χ0) is 22.2. The predicted octanol–water partition coefficient (Wildman–Crippen LogP) is 8.85. The molecule has 1 saturated carbocycles. The first-order chi connectivity index (χ1) is 16.3. The quantitative estimate of drug-likeness (QED) is 0.284. The van der Waals surface area contributed by atoms with E-state index in [0.29, 0.717) is 11.8 Å². The number of para-hydroxylation sites is 1. The van der Waals surface area contributed by atoms with E-state index >= 15 is 0 Å². The summed E-state index contributed by atoms with van der Waals surface area (Å²) in [4.78, 5) is 4.74. The summed E-state index contributed by atoms with van der Waals surface area (Å²) in [7, 11) is 0. The lowest BCUT2D eigenvalue weighted by Gasteiger charge is -2.21. The highest BCUT2D eigenvalue weighted by molar-refractivity contribution is 6.09. The molecule has 1 atom stereocenters. The molecule has 0 radical (unpaired) electrons. The molecule has 2 heteroatoms. The number of rotatable bonds is 4.